The largest absolute Gasteiger partial charge is 0.456 e. The minimum absolute atomic E-state index is 0.0673. The molecule has 0 saturated carbocycles. The van der Waals surface area contributed by atoms with Gasteiger partial charge >= 0.3 is 11.6 Å². The number of fused-ring (bicyclic) bond motifs is 2. The third-order valence-corrected chi connectivity index (χ3v) is 5.54. The summed E-state index contributed by atoms with van der Waals surface area (Å²) in [7, 11) is 0. The molecule has 6 nitrogen and oxygen atoms in total. The van der Waals surface area contributed by atoms with Crippen LogP contribution in [-0.4, -0.2) is 15.7 Å². The van der Waals surface area contributed by atoms with E-state index >= 15 is 0 Å². The standard InChI is InChI=1S/C24H19FN2O4/c1-14-5-10-18-15(12-22(28)31-21(18)11-14)13-30-24(29)23-19-3-2-4-20(19)27(26-23)17-8-6-16(25)7-9-17/h5-12H,2-4,13H2,1H3. The zero-order valence-corrected chi connectivity index (χ0v) is 16.9. The first-order valence-corrected chi connectivity index (χ1v) is 10.1. The average Bonchev–Trinajstić information content (AvgIpc) is 3.35. The van der Waals surface area contributed by atoms with Gasteiger partial charge in [-0.1, -0.05) is 12.1 Å². The Morgan fingerprint density at radius 2 is 1.97 bits per heavy atom. The van der Waals surface area contributed by atoms with E-state index in [1.54, 1.807) is 22.9 Å². The van der Waals surface area contributed by atoms with Gasteiger partial charge in [0.15, 0.2) is 5.69 Å². The normalized spacial score (nSPS) is 12.8. The fourth-order valence-corrected chi connectivity index (χ4v) is 4.07. The molecular formula is C24H19FN2O4. The van der Waals surface area contributed by atoms with Crippen LogP contribution in [0.4, 0.5) is 4.39 Å². The number of benzene rings is 2. The van der Waals surface area contributed by atoms with Crippen molar-refractivity contribution in [2.24, 2.45) is 0 Å². The molecule has 1 aliphatic carbocycles. The Kier molecular flexibility index (Phi) is 4.66. The highest BCUT2D eigenvalue weighted by atomic mass is 19.1. The van der Waals surface area contributed by atoms with E-state index in [1.165, 1.54) is 18.2 Å². The summed E-state index contributed by atoms with van der Waals surface area (Å²) in [5.41, 5.74) is 4.27. The molecule has 0 atom stereocenters. The lowest BCUT2D eigenvalue weighted by molar-refractivity contribution is 0.0465. The molecule has 156 valence electrons. The van der Waals surface area contributed by atoms with Crippen molar-refractivity contribution in [1.82, 2.24) is 9.78 Å². The lowest BCUT2D eigenvalue weighted by Crippen LogP contribution is -2.11. The van der Waals surface area contributed by atoms with Gasteiger partial charge in [0.25, 0.3) is 0 Å². The van der Waals surface area contributed by atoms with Crippen LogP contribution in [0.5, 0.6) is 0 Å². The van der Waals surface area contributed by atoms with Crippen molar-refractivity contribution in [1.29, 1.82) is 0 Å². The van der Waals surface area contributed by atoms with Crippen molar-refractivity contribution in [3.05, 3.63) is 92.8 Å². The monoisotopic (exact) mass is 418 g/mol. The molecule has 0 spiro atoms. The van der Waals surface area contributed by atoms with Crippen LogP contribution in [-0.2, 0) is 24.2 Å². The smallest absolute Gasteiger partial charge is 0.359 e. The van der Waals surface area contributed by atoms with Gasteiger partial charge in [-0.15, -0.1) is 0 Å². The van der Waals surface area contributed by atoms with E-state index in [9.17, 15) is 14.0 Å². The number of aromatic nitrogens is 2. The maximum absolute atomic E-state index is 13.3. The molecule has 0 amide bonds. The number of esters is 1. The Labute approximate surface area is 176 Å². The number of hydrogen-bond acceptors (Lipinski definition) is 5. The summed E-state index contributed by atoms with van der Waals surface area (Å²) in [5.74, 6) is -0.880. The second-order valence-corrected chi connectivity index (χ2v) is 7.68. The van der Waals surface area contributed by atoms with Gasteiger partial charge in [-0.2, -0.15) is 5.10 Å². The van der Waals surface area contributed by atoms with E-state index < -0.39 is 11.6 Å². The molecule has 0 aliphatic heterocycles. The highest BCUT2D eigenvalue weighted by molar-refractivity contribution is 5.90. The number of rotatable bonds is 4. The van der Waals surface area contributed by atoms with Gasteiger partial charge in [0.05, 0.1) is 5.69 Å². The van der Waals surface area contributed by atoms with E-state index in [-0.39, 0.29) is 18.1 Å². The van der Waals surface area contributed by atoms with E-state index in [2.05, 4.69) is 5.10 Å². The molecule has 2 aromatic heterocycles. The molecule has 1 aliphatic rings. The zero-order valence-electron chi connectivity index (χ0n) is 16.9. The van der Waals surface area contributed by atoms with Crippen LogP contribution < -0.4 is 5.63 Å². The minimum Gasteiger partial charge on any atom is -0.456 e. The van der Waals surface area contributed by atoms with Crippen molar-refractivity contribution in [3.63, 3.8) is 0 Å². The maximum Gasteiger partial charge on any atom is 0.359 e. The van der Waals surface area contributed by atoms with Crippen molar-refractivity contribution >= 4 is 16.9 Å². The second-order valence-electron chi connectivity index (χ2n) is 7.68. The van der Waals surface area contributed by atoms with Crippen molar-refractivity contribution < 1.29 is 18.3 Å². The Balaban J connectivity index is 1.45. The van der Waals surface area contributed by atoms with Gasteiger partial charge in [0.1, 0.15) is 18.0 Å². The van der Waals surface area contributed by atoms with Crippen LogP contribution in [0.3, 0.4) is 0 Å². The number of halogens is 1. The molecule has 0 bridgehead atoms. The predicted molar refractivity (Wildman–Crippen MR) is 112 cm³/mol. The maximum atomic E-state index is 13.3. The molecule has 0 radical (unpaired) electrons. The van der Waals surface area contributed by atoms with Gasteiger partial charge in [-0.25, -0.2) is 18.7 Å². The fourth-order valence-electron chi connectivity index (χ4n) is 4.07. The summed E-state index contributed by atoms with van der Waals surface area (Å²) in [5, 5.41) is 5.20. The summed E-state index contributed by atoms with van der Waals surface area (Å²) in [6.45, 7) is 1.84. The molecule has 31 heavy (non-hydrogen) atoms. The third kappa shape index (κ3) is 3.52. The molecule has 2 heterocycles. The number of hydrogen-bond donors (Lipinski definition) is 0. The highest BCUT2D eigenvalue weighted by Gasteiger charge is 2.28. The minimum atomic E-state index is -0.549. The quantitative estimate of drug-likeness (QED) is 0.365. The van der Waals surface area contributed by atoms with E-state index in [4.69, 9.17) is 9.15 Å². The molecule has 2 aromatic carbocycles. The van der Waals surface area contributed by atoms with Crippen LogP contribution in [0.2, 0.25) is 0 Å². The van der Waals surface area contributed by atoms with Gasteiger partial charge in [-0.05, 0) is 62.1 Å². The summed E-state index contributed by atoms with van der Waals surface area (Å²) < 4.78 is 25.8. The number of ether oxygens (including phenoxy) is 1. The molecule has 5 rings (SSSR count). The molecule has 0 saturated heterocycles. The van der Waals surface area contributed by atoms with Crippen molar-refractivity contribution in [2.75, 3.05) is 0 Å². The van der Waals surface area contributed by atoms with Crippen LogP contribution in [0.15, 0.2) is 57.7 Å². The predicted octanol–water partition coefficient (Wildman–Crippen LogP) is 4.27. The first-order valence-electron chi connectivity index (χ1n) is 10.1. The van der Waals surface area contributed by atoms with Crippen LogP contribution in [0, 0.1) is 12.7 Å². The lowest BCUT2D eigenvalue weighted by atomic mass is 10.1. The van der Waals surface area contributed by atoms with Crippen LogP contribution in [0.25, 0.3) is 16.7 Å². The first-order chi connectivity index (χ1) is 15.0. The molecule has 7 heteroatoms. The third-order valence-electron chi connectivity index (χ3n) is 5.54. The summed E-state index contributed by atoms with van der Waals surface area (Å²) >= 11 is 0. The molecule has 4 aromatic rings. The summed E-state index contributed by atoms with van der Waals surface area (Å²) in [4.78, 5) is 24.8. The SMILES string of the molecule is Cc1ccc2c(COC(=O)c3nn(-c4ccc(F)cc4)c4c3CCC4)cc(=O)oc2c1. The van der Waals surface area contributed by atoms with Gasteiger partial charge in [0, 0.05) is 28.3 Å². The van der Waals surface area contributed by atoms with Gasteiger partial charge < -0.3 is 9.15 Å². The Hall–Kier alpha value is -3.74. The van der Waals surface area contributed by atoms with E-state index in [0.717, 1.165) is 41.5 Å². The molecule has 0 unspecified atom stereocenters. The second kappa shape index (κ2) is 7.50. The number of nitrogens with zero attached hydrogens (tertiary/aromatic N) is 2. The van der Waals surface area contributed by atoms with Crippen LogP contribution >= 0.6 is 0 Å². The van der Waals surface area contributed by atoms with E-state index in [0.29, 0.717) is 16.8 Å². The topological polar surface area (TPSA) is 74.3 Å². The first kappa shape index (κ1) is 19.2. The lowest BCUT2D eigenvalue weighted by Gasteiger charge is -2.07. The highest BCUT2D eigenvalue weighted by Crippen LogP contribution is 2.29. The van der Waals surface area contributed by atoms with Crippen molar-refractivity contribution in [2.45, 2.75) is 32.8 Å². The van der Waals surface area contributed by atoms with Gasteiger partial charge in [-0.3, -0.25) is 0 Å². The van der Waals surface area contributed by atoms with E-state index in [1.807, 2.05) is 19.1 Å². The molecule has 0 N–H and O–H groups in total. The summed E-state index contributed by atoms with van der Waals surface area (Å²) in [6, 6.07) is 12.9. The van der Waals surface area contributed by atoms with Crippen LogP contribution in [0.1, 0.15) is 39.3 Å². The Morgan fingerprint density at radius 3 is 2.77 bits per heavy atom. The fraction of sp³-hybridized carbons (Fsp3) is 0.208. The summed E-state index contributed by atoms with van der Waals surface area (Å²) in [6.07, 6.45) is 2.44. The number of carbonyl (C=O) groups excluding carboxylic acids is 1. The van der Waals surface area contributed by atoms with Gasteiger partial charge in [0.2, 0.25) is 0 Å². The number of carbonyl (C=O) groups is 1. The molecule has 0 fully saturated rings. The Bertz CT molecular complexity index is 1370. The van der Waals surface area contributed by atoms with Crippen molar-refractivity contribution in [3.8, 4) is 5.69 Å². The zero-order chi connectivity index (χ0) is 21.5. The number of aryl methyl sites for hydroxylation is 1. The molecular weight excluding hydrogens is 399 g/mol. The Morgan fingerprint density at radius 1 is 1.16 bits per heavy atom. The average molecular weight is 418 g/mol.